The molecule has 0 spiro atoms. The highest BCUT2D eigenvalue weighted by atomic mass is 16.5. The smallest absolute Gasteiger partial charge is 0.277 e. The van der Waals surface area contributed by atoms with Gasteiger partial charge >= 0.3 is 0 Å². The number of hydrogen-bond donors (Lipinski definition) is 3. The summed E-state index contributed by atoms with van der Waals surface area (Å²) in [4.78, 5) is 29.7. The van der Waals surface area contributed by atoms with Crippen LogP contribution in [0.3, 0.4) is 0 Å². The van der Waals surface area contributed by atoms with Crippen LogP contribution in [0.2, 0.25) is 0 Å². The van der Waals surface area contributed by atoms with Crippen LogP contribution in [0.15, 0.2) is 10.7 Å². The third-order valence-electron chi connectivity index (χ3n) is 3.92. The average Bonchev–Trinajstić information content (AvgIpc) is 3.00. The molecule has 2 heterocycles. The Morgan fingerprint density at radius 1 is 1.35 bits per heavy atom. The second kappa shape index (κ2) is 8.18. The first kappa shape index (κ1) is 19.7. The molecule has 0 atom stereocenters. The molecule has 1 aromatic heterocycles. The SMILES string of the molecule is Cc1[nH]c(/C=C2/C(=O)NN=C2OC(C)C)c(C)c1C(=O)NCCN(C)C. The zero-order valence-electron chi connectivity index (χ0n) is 16.2. The minimum Gasteiger partial charge on any atom is -0.473 e. The third kappa shape index (κ3) is 4.51. The summed E-state index contributed by atoms with van der Waals surface area (Å²) in [5, 5.41) is 6.83. The van der Waals surface area contributed by atoms with Crippen molar-refractivity contribution in [3.63, 3.8) is 0 Å². The topological polar surface area (TPSA) is 98.8 Å². The van der Waals surface area contributed by atoms with Crippen molar-refractivity contribution in [2.75, 3.05) is 27.2 Å². The van der Waals surface area contributed by atoms with E-state index in [0.29, 0.717) is 23.4 Å². The van der Waals surface area contributed by atoms with Gasteiger partial charge in [-0.1, -0.05) is 0 Å². The van der Waals surface area contributed by atoms with Crippen molar-refractivity contribution >= 4 is 23.8 Å². The van der Waals surface area contributed by atoms with E-state index in [1.165, 1.54) is 0 Å². The second-order valence-electron chi connectivity index (χ2n) is 6.81. The van der Waals surface area contributed by atoms with E-state index >= 15 is 0 Å². The predicted octanol–water partition coefficient (Wildman–Crippen LogP) is 1.17. The van der Waals surface area contributed by atoms with Crippen molar-refractivity contribution in [2.24, 2.45) is 5.10 Å². The van der Waals surface area contributed by atoms with Crippen LogP contribution in [0.25, 0.3) is 6.08 Å². The number of hydrazone groups is 1. The molecule has 1 aliphatic heterocycles. The zero-order chi connectivity index (χ0) is 19.4. The van der Waals surface area contributed by atoms with Gasteiger partial charge in [0.2, 0.25) is 5.90 Å². The maximum atomic E-state index is 12.5. The molecule has 8 nitrogen and oxygen atoms in total. The van der Waals surface area contributed by atoms with Gasteiger partial charge in [0, 0.05) is 24.5 Å². The number of H-pyrrole nitrogens is 1. The van der Waals surface area contributed by atoms with Gasteiger partial charge in [-0.05, 0) is 53.4 Å². The summed E-state index contributed by atoms with van der Waals surface area (Å²) in [7, 11) is 3.91. The number of hydrogen-bond acceptors (Lipinski definition) is 5. The van der Waals surface area contributed by atoms with E-state index in [9.17, 15) is 9.59 Å². The van der Waals surface area contributed by atoms with Gasteiger partial charge in [0.25, 0.3) is 11.8 Å². The van der Waals surface area contributed by atoms with E-state index in [-0.39, 0.29) is 23.8 Å². The van der Waals surface area contributed by atoms with E-state index in [1.807, 2.05) is 46.7 Å². The number of ether oxygens (including phenoxy) is 1. The summed E-state index contributed by atoms with van der Waals surface area (Å²) in [6, 6.07) is 0. The molecule has 2 amide bonds. The lowest BCUT2D eigenvalue weighted by Crippen LogP contribution is -2.31. The van der Waals surface area contributed by atoms with Crippen LogP contribution in [0, 0.1) is 13.8 Å². The average molecular weight is 361 g/mol. The van der Waals surface area contributed by atoms with Crippen molar-refractivity contribution in [1.29, 1.82) is 0 Å². The Bertz CT molecular complexity index is 759. The Morgan fingerprint density at radius 2 is 2.04 bits per heavy atom. The first-order chi connectivity index (χ1) is 12.2. The van der Waals surface area contributed by atoms with Crippen LogP contribution >= 0.6 is 0 Å². The summed E-state index contributed by atoms with van der Waals surface area (Å²) >= 11 is 0. The second-order valence-corrected chi connectivity index (χ2v) is 6.81. The molecular weight excluding hydrogens is 334 g/mol. The van der Waals surface area contributed by atoms with Crippen LogP contribution in [-0.4, -0.2) is 60.9 Å². The van der Waals surface area contributed by atoms with Gasteiger partial charge in [0.05, 0.1) is 11.7 Å². The van der Waals surface area contributed by atoms with Crippen molar-refractivity contribution in [3.8, 4) is 0 Å². The lowest BCUT2D eigenvalue weighted by molar-refractivity contribution is -0.116. The normalized spacial score (nSPS) is 15.6. The molecule has 8 heteroatoms. The highest BCUT2D eigenvalue weighted by Crippen LogP contribution is 2.22. The molecule has 1 aliphatic rings. The molecule has 142 valence electrons. The molecule has 2 rings (SSSR count). The number of amides is 2. The van der Waals surface area contributed by atoms with Crippen molar-refractivity contribution in [2.45, 2.75) is 33.8 Å². The fraction of sp³-hybridized carbons (Fsp3) is 0.500. The first-order valence-corrected chi connectivity index (χ1v) is 8.59. The maximum absolute atomic E-state index is 12.5. The summed E-state index contributed by atoms with van der Waals surface area (Å²) in [6.45, 7) is 8.74. The molecule has 0 aromatic carbocycles. The lowest BCUT2D eigenvalue weighted by atomic mass is 10.1. The Balaban J connectivity index is 2.25. The fourth-order valence-electron chi connectivity index (χ4n) is 2.64. The standard InChI is InChI=1S/C18H27N5O3/c1-10(2)26-18-13(16(24)21-22-18)9-14-11(3)15(12(4)20-14)17(25)19-7-8-23(5)6/h9-10,20H,7-8H2,1-6H3,(H,19,25)(H,21,24)/b13-9-. The molecule has 1 aromatic rings. The van der Waals surface area contributed by atoms with Crippen molar-refractivity contribution < 1.29 is 14.3 Å². The quantitative estimate of drug-likeness (QED) is 0.663. The first-order valence-electron chi connectivity index (χ1n) is 8.59. The molecule has 26 heavy (non-hydrogen) atoms. The summed E-state index contributed by atoms with van der Waals surface area (Å²) < 4.78 is 5.57. The number of nitrogens with one attached hydrogen (secondary N) is 3. The molecule has 0 radical (unpaired) electrons. The number of carbonyl (C=O) groups is 2. The monoisotopic (exact) mass is 361 g/mol. The zero-order valence-corrected chi connectivity index (χ0v) is 16.2. The van der Waals surface area contributed by atoms with Gasteiger partial charge in [0.1, 0.15) is 5.57 Å². The number of rotatable bonds is 6. The van der Waals surface area contributed by atoms with Gasteiger partial charge < -0.3 is 19.9 Å². The number of aromatic amines is 1. The Kier molecular flexibility index (Phi) is 6.20. The lowest BCUT2D eigenvalue weighted by Gasteiger charge is -2.10. The third-order valence-corrected chi connectivity index (χ3v) is 3.92. The molecule has 3 N–H and O–H groups in total. The van der Waals surface area contributed by atoms with Gasteiger partial charge in [-0.2, -0.15) is 0 Å². The summed E-state index contributed by atoms with van der Waals surface area (Å²) in [5.74, 6) is -0.205. The van der Waals surface area contributed by atoms with E-state index < -0.39 is 0 Å². The van der Waals surface area contributed by atoms with E-state index in [1.54, 1.807) is 6.08 Å². The van der Waals surface area contributed by atoms with E-state index in [2.05, 4.69) is 20.8 Å². The molecule has 0 fully saturated rings. The van der Waals surface area contributed by atoms with Gasteiger partial charge in [-0.15, -0.1) is 5.10 Å². The Morgan fingerprint density at radius 3 is 2.65 bits per heavy atom. The fourth-order valence-corrected chi connectivity index (χ4v) is 2.64. The van der Waals surface area contributed by atoms with Gasteiger partial charge in [0.15, 0.2) is 0 Å². The van der Waals surface area contributed by atoms with Gasteiger partial charge in [-0.3, -0.25) is 9.59 Å². The molecule has 0 aliphatic carbocycles. The number of carbonyl (C=O) groups excluding carboxylic acids is 2. The molecule has 0 saturated heterocycles. The van der Waals surface area contributed by atoms with E-state index in [0.717, 1.165) is 17.8 Å². The van der Waals surface area contributed by atoms with Crippen LogP contribution in [-0.2, 0) is 9.53 Å². The Hall–Kier alpha value is -2.61. The number of nitrogens with zero attached hydrogens (tertiary/aromatic N) is 2. The molecule has 0 unspecified atom stereocenters. The van der Waals surface area contributed by atoms with Crippen LogP contribution in [0.1, 0.15) is 41.2 Å². The minimum absolute atomic E-state index is 0.102. The van der Waals surface area contributed by atoms with Crippen molar-refractivity contribution in [3.05, 3.63) is 28.1 Å². The Labute approximate surface area is 153 Å². The number of aromatic nitrogens is 1. The minimum atomic E-state index is -0.329. The summed E-state index contributed by atoms with van der Waals surface area (Å²) in [6.07, 6.45) is 1.57. The number of likely N-dealkylation sites (N-methyl/N-ethyl adjacent to an activating group) is 1. The van der Waals surface area contributed by atoms with Crippen LogP contribution in [0.4, 0.5) is 0 Å². The van der Waals surface area contributed by atoms with Crippen LogP contribution < -0.4 is 10.7 Å². The molecular formula is C18H27N5O3. The molecule has 0 bridgehead atoms. The molecule has 0 saturated carbocycles. The van der Waals surface area contributed by atoms with E-state index in [4.69, 9.17) is 4.74 Å². The summed E-state index contributed by atoms with van der Waals surface area (Å²) in [5.41, 5.74) is 5.55. The predicted molar refractivity (Wildman–Crippen MR) is 101 cm³/mol. The highest BCUT2D eigenvalue weighted by Gasteiger charge is 2.26. The van der Waals surface area contributed by atoms with Crippen LogP contribution in [0.5, 0.6) is 0 Å². The van der Waals surface area contributed by atoms with Crippen molar-refractivity contribution in [1.82, 2.24) is 20.6 Å². The maximum Gasteiger partial charge on any atom is 0.277 e. The number of aryl methyl sites for hydroxylation is 1. The van der Waals surface area contributed by atoms with Gasteiger partial charge in [-0.25, -0.2) is 5.43 Å². The largest absolute Gasteiger partial charge is 0.473 e. The highest BCUT2D eigenvalue weighted by molar-refractivity contribution is 6.24.